The fourth-order valence-corrected chi connectivity index (χ4v) is 3.10. The van der Waals surface area contributed by atoms with Crippen molar-refractivity contribution in [1.82, 2.24) is 14.9 Å². The van der Waals surface area contributed by atoms with Gasteiger partial charge < -0.3 is 14.8 Å². The van der Waals surface area contributed by atoms with Crippen LogP contribution in [0.2, 0.25) is 0 Å². The average molecular weight is 347 g/mol. The molecule has 0 saturated heterocycles. The van der Waals surface area contributed by atoms with Crippen molar-refractivity contribution in [1.29, 1.82) is 0 Å². The number of fused-ring (bicyclic) bond motifs is 1. The third-order valence-electron chi connectivity index (χ3n) is 3.32. The van der Waals surface area contributed by atoms with Gasteiger partial charge >= 0.3 is 5.97 Å². The van der Waals surface area contributed by atoms with E-state index in [4.69, 9.17) is 9.52 Å². The first kappa shape index (κ1) is 15.9. The van der Waals surface area contributed by atoms with E-state index in [9.17, 15) is 14.4 Å². The van der Waals surface area contributed by atoms with E-state index in [2.05, 4.69) is 10.3 Å². The number of nitrogens with zero attached hydrogens (tertiary/aromatic N) is 2. The Kier molecular flexibility index (Phi) is 4.43. The number of hydrogen-bond acceptors (Lipinski definition) is 6. The van der Waals surface area contributed by atoms with Gasteiger partial charge in [0.1, 0.15) is 17.1 Å². The molecule has 3 rings (SSSR count). The normalized spacial score (nSPS) is 10.8. The van der Waals surface area contributed by atoms with Crippen LogP contribution < -0.4 is 10.9 Å². The lowest BCUT2D eigenvalue weighted by Gasteiger charge is -2.06. The second-order valence-corrected chi connectivity index (χ2v) is 5.84. The van der Waals surface area contributed by atoms with E-state index >= 15 is 0 Å². The second kappa shape index (κ2) is 6.67. The van der Waals surface area contributed by atoms with Gasteiger partial charge in [-0.25, -0.2) is 4.98 Å². The molecule has 3 aromatic rings. The Labute approximate surface area is 139 Å². The Morgan fingerprint density at radius 3 is 2.96 bits per heavy atom. The molecule has 0 aliphatic heterocycles. The number of amides is 1. The SMILES string of the molecule is O=C(O)CCNC(=O)Cn1cnc2scc(-c3ccco3)c2c1=O. The topological polar surface area (TPSA) is 114 Å². The number of hydrogen-bond donors (Lipinski definition) is 2. The fraction of sp³-hybridized carbons (Fsp3) is 0.200. The van der Waals surface area contributed by atoms with Crippen molar-refractivity contribution in [3.63, 3.8) is 0 Å². The fourth-order valence-electron chi connectivity index (χ4n) is 2.21. The largest absolute Gasteiger partial charge is 0.481 e. The van der Waals surface area contributed by atoms with Gasteiger partial charge in [-0.2, -0.15) is 0 Å². The van der Waals surface area contributed by atoms with Crippen LogP contribution in [-0.4, -0.2) is 33.1 Å². The summed E-state index contributed by atoms with van der Waals surface area (Å²) in [4.78, 5) is 39.7. The molecule has 0 aliphatic rings. The van der Waals surface area contributed by atoms with E-state index in [0.717, 1.165) is 0 Å². The number of aliphatic carboxylic acids is 1. The minimum atomic E-state index is -1.00. The second-order valence-electron chi connectivity index (χ2n) is 4.98. The number of carboxylic acids is 1. The summed E-state index contributed by atoms with van der Waals surface area (Å²) in [6.45, 7) is -0.219. The van der Waals surface area contributed by atoms with Crippen molar-refractivity contribution >= 4 is 33.4 Å². The first-order valence-corrected chi connectivity index (χ1v) is 7.93. The number of furan rings is 1. The van der Waals surface area contributed by atoms with Crippen LogP contribution in [-0.2, 0) is 16.1 Å². The van der Waals surface area contributed by atoms with Crippen molar-refractivity contribution in [3.8, 4) is 11.3 Å². The molecule has 0 spiro atoms. The summed E-state index contributed by atoms with van der Waals surface area (Å²) >= 11 is 1.32. The van der Waals surface area contributed by atoms with Gasteiger partial charge in [-0.3, -0.25) is 19.0 Å². The molecule has 0 unspecified atom stereocenters. The summed E-state index contributed by atoms with van der Waals surface area (Å²) in [5.74, 6) is -0.894. The molecule has 0 fully saturated rings. The minimum Gasteiger partial charge on any atom is -0.481 e. The molecule has 124 valence electrons. The monoisotopic (exact) mass is 347 g/mol. The Hall–Kier alpha value is -2.94. The predicted molar refractivity (Wildman–Crippen MR) is 86.8 cm³/mol. The number of carboxylic acid groups (broad SMARTS) is 1. The van der Waals surface area contributed by atoms with Crippen LogP contribution in [0.4, 0.5) is 0 Å². The molecule has 0 bridgehead atoms. The highest BCUT2D eigenvalue weighted by atomic mass is 32.1. The number of carbonyl (C=O) groups excluding carboxylic acids is 1. The van der Waals surface area contributed by atoms with Crippen LogP contribution >= 0.6 is 11.3 Å². The van der Waals surface area contributed by atoms with Gasteiger partial charge in [-0.1, -0.05) is 0 Å². The van der Waals surface area contributed by atoms with Crippen LogP contribution in [0.3, 0.4) is 0 Å². The Morgan fingerprint density at radius 2 is 2.25 bits per heavy atom. The van der Waals surface area contributed by atoms with E-state index in [0.29, 0.717) is 21.5 Å². The summed E-state index contributed by atoms with van der Waals surface area (Å²) < 4.78 is 6.53. The van der Waals surface area contributed by atoms with Gasteiger partial charge in [0.25, 0.3) is 5.56 Å². The smallest absolute Gasteiger partial charge is 0.305 e. The molecule has 3 aromatic heterocycles. The van der Waals surface area contributed by atoms with Crippen molar-refractivity contribution < 1.29 is 19.1 Å². The highest BCUT2D eigenvalue weighted by Gasteiger charge is 2.16. The molecule has 9 heteroatoms. The number of rotatable bonds is 6. The van der Waals surface area contributed by atoms with E-state index in [1.807, 2.05) is 0 Å². The zero-order valence-electron chi connectivity index (χ0n) is 12.4. The maximum Gasteiger partial charge on any atom is 0.305 e. The standard InChI is InChI=1S/C15H13N3O5S/c19-11(16-4-3-12(20)21)6-18-8-17-14-13(15(18)22)9(7-24-14)10-2-1-5-23-10/h1-2,5,7-8H,3-4,6H2,(H,16,19)(H,20,21). The molecule has 0 aliphatic carbocycles. The lowest BCUT2D eigenvalue weighted by atomic mass is 10.2. The molecule has 1 amide bonds. The average Bonchev–Trinajstić information content (AvgIpc) is 3.18. The van der Waals surface area contributed by atoms with Gasteiger partial charge in [-0.05, 0) is 12.1 Å². The molecular formula is C15H13N3O5S. The van der Waals surface area contributed by atoms with E-state index in [1.165, 1.54) is 28.5 Å². The summed E-state index contributed by atoms with van der Waals surface area (Å²) in [5.41, 5.74) is 0.291. The van der Waals surface area contributed by atoms with E-state index in [1.54, 1.807) is 17.5 Å². The van der Waals surface area contributed by atoms with Crippen molar-refractivity contribution in [2.24, 2.45) is 0 Å². The Bertz CT molecular complexity index is 942. The van der Waals surface area contributed by atoms with E-state index in [-0.39, 0.29) is 25.1 Å². The lowest BCUT2D eigenvalue weighted by molar-refractivity contribution is -0.136. The number of thiophene rings is 1. The van der Waals surface area contributed by atoms with Gasteiger partial charge in [0.15, 0.2) is 0 Å². The van der Waals surface area contributed by atoms with Crippen LogP contribution in [0, 0.1) is 0 Å². The third-order valence-corrected chi connectivity index (χ3v) is 4.21. The summed E-state index contributed by atoms with van der Waals surface area (Å²) in [5, 5.41) is 13.2. The first-order chi connectivity index (χ1) is 11.6. The molecular weight excluding hydrogens is 334 g/mol. The van der Waals surface area contributed by atoms with Gasteiger partial charge in [0, 0.05) is 17.5 Å². The van der Waals surface area contributed by atoms with Crippen LogP contribution in [0.15, 0.2) is 39.3 Å². The molecule has 8 nitrogen and oxygen atoms in total. The molecule has 0 aromatic carbocycles. The van der Waals surface area contributed by atoms with Crippen molar-refractivity contribution in [3.05, 3.63) is 40.5 Å². The van der Waals surface area contributed by atoms with Crippen molar-refractivity contribution in [2.45, 2.75) is 13.0 Å². The van der Waals surface area contributed by atoms with E-state index < -0.39 is 11.9 Å². The zero-order chi connectivity index (χ0) is 17.1. The highest BCUT2D eigenvalue weighted by Crippen LogP contribution is 2.30. The maximum absolute atomic E-state index is 12.6. The molecule has 24 heavy (non-hydrogen) atoms. The number of aromatic nitrogens is 2. The quantitative estimate of drug-likeness (QED) is 0.695. The van der Waals surface area contributed by atoms with Gasteiger partial charge in [0.2, 0.25) is 5.91 Å². The molecule has 0 radical (unpaired) electrons. The number of nitrogens with one attached hydrogen (secondary N) is 1. The summed E-state index contributed by atoms with van der Waals surface area (Å²) in [6, 6.07) is 3.47. The maximum atomic E-state index is 12.6. The predicted octanol–water partition coefficient (Wildman–Crippen LogP) is 1.31. The molecule has 0 atom stereocenters. The minimum absolute atomic E-state index is 0.00862. The third kappa shape index (κ3) is 3.20. The molecule has 3 heterocycles. The van der Waals surface area contributed by atoms with Crippen molar-refractivity contribution in [2.75, 3.05) is 6.54 Å². The van der Waals surface area contributed by atoms with Crippen LogP contribution in [0.25, 0.3) is 21.5 Å². The highest BCUT2D eigenvalue weighted by molar-refractivity contribution is 7.17. The van der Waals surface area contributed by atoms with Gasteiger partial charge in [0.05, 0.1) is 24.4 Å². The molecule has 2 N–H and O–H groups in total. The Morgan fingerprint density at radius 1 is 1.42 bits per heavy atom. The Balaban J connectivity index is 1.86. The van der Waals surface area contributed by atoms with Crippen LogP contribution in [0.1, 0.15) is 6.42 Å². The molecule has 0 saturated carbocycles. The lowest BCUT2D eigenvalue weighted by Crippen LogP contribution is -2.33. The van der Waals surface area contributed by atoms with Gasteiger partial charge in [-0.15, -0.1) is 11.3 Å². The first-order valence-electron chi connectivity index (χ1n) is 7.05. The summed E-state index contributed by atoms with van der Waals surface area (Å²) in [6.07, 6.45) is 2.65. The summed E-state index contributed by atoms with van der Waals surface area (Å²) in [7, 11) is 0. The zero-order valence-corrected chi connectivity index (χ0v) is 13.2. The van der Waals surface area contributed by atoms with Crippen LogP contribution in [0.5, 0.6) is 0 Å². The number of carbonyl (C=O) groups is 2.